The Balaban J connectivity index is -0.00000200. The first-order valence-electron chi connectivity index (χ1n) is 7.80. The van der Waals surface area contributed by atoms with E-state index in [0.29, 0.717) is 25.7 Å². The van der Waals surface area contributed by atoms with Gasteiger partial charge in [0, 0.05) is 64.4 Å². The number of hydrogen-bond acceptors (Lipinski definition) is 4. The topological polar surface area (TPSA) is 83.5 Å². The van der Waals surface area contributed by atoms with Gasteiger partial charge < -0.3 is 17.8 Å². The molecule has 1 radical (unpaired) electrons. The van der Waals surface area contributed by atoms with E-state index in [1.807, 2.05) is 0 Å². The first-order chi connectivity index (χ1) is 10.0. The van der Waals surface area contributed by atoms with E-state index in [4.69, 9.17) is 5.11 Å². The zero-order valence-corrected chi connectivity index (χ0v) is 17.4. The molecule has 0 aromatic rings. The van der Waals surface area contributed by atoms with Gasteiger partial charge in [0.1, 0.15) is 11.6 Å². The molecule has 0 aliphatic carbocycles. The summed E-state index contributed by atoms with van der Waals surface area (Å²) in [5.41, 5.74) is 0. The van der Waals surface area contributed by atoms with E-state index in [9.17, 15) is 14.4 Å². The molecule has 0 saturated heterocycles. The fraction of sp³-hybridized carbons (Fsp3) is 0.706. The molecule has 0 amide bonds. The minimum Gasteiger partial charge on any atom is -0.481 e. The van der Waals surface area contributed by atoms with Gasteiger partial charge in [0.05, 0.1) is 0 Å². The first kappa shape index (κ1) is 27.7. The zero-order valence-electron chi connectivity index (χ0n) is 14.6. The van der Waals surface area contributed by atoms with E-state index in [0.717, 1.165) is 25.7 Å². The van der Waals surface area contributed by atoms with E-state index in [2.05, 4.69) is 19.3 Å². The Kier molecular flexibility index (Phi) is 21.9. The summed E-state index contributed by atoms with van der Waals surface area (Å²) in [7, 11) is 3.46. The van der Waals surface area contributed by atoms with Crippen molar-refractivity contribution in [2.45, 2.75) is 77.2 Å². The van der Waals surface area contributed by atoms with Crippen LogP contribution in [0.25, 0.3) is 0 Å². The Morgan fingerprint density at radius 3 is 2.13 bits per heavy atom. The second-order valence-electron chi connectivity index (χ2n) is 5.36. The molecule has 0 saturated carbocycles. The van der Waals surface area contributed by atoms with Crippen LogP contribution >= 0.6 is 0 Å². The number of carboxylic acids is 1. The molecule has 0 spiro atoms. The summed E-state index contributed by atoms with van der Waals surface area (Å²) in [5.74, 6) is -0.779. The minimum atomic E-state index is -0.926. The number of carboxylic acid groups (broad SMARTS) is 1. The summed E-state index contributed by atoms with van der Waals surface area (Å²) in [6.45, 7) is 2.13. The normalized spacial score (nSPS) is 11.0. The van der Waals surface area contributed by atoms with Gasteiger partial charge in [-0.3, -0.25) is 21.4 Å². The van der Waals surface area contributed by atoms with Gasteiger partial charge in [-0.15, -0.1) is 0 Å². The van der Waals surface area contributed by atoms with Gasteiger partial charge in [0.15, 0.2) is 0 Å². The van der Waals surface area contributed by atoms with Crippen molar-refractivity contribution in [2.75, 3.05) is 0 Å². The maximum Gasteiger partial charge on any atom is 0.303 e. The van der Waals surface area contributed by atoms with Gasteiger partial charge >= 0.3 is 5.97 Å². The SMILES string of the molecule is [CH2-]N[C@@H](CCC(=O)O)C(=O)CCCC(=O)CCCCCC.[CH3-].[Y]. The van der Waals surface area contributed by atoms with E-state index in [1.165, 1.54) is 0 Å². The number of nitrogens with one attached hydrogen (secondary N) is 1. The quantitative estimate of drug-likeness (QED) is 0.344. The number of carbonyl (C=O) groups excluding carboxylic acids is 2. The molecule has 133 valence electrons. The molecule has 0 heterocycles. The smallest absolute Gasteiger partial charge is 0.303 e. The second-order valence-corrected chi connectivity index (χ2v) is 5.36. The summed E-state index contributed by atoms with van der Waals surface area (Å²) in [6.07, 6.45) is 6.38. The van der Waals surface area contributed by atoms with Crippen molar-refractivity contribution in [3.05, 3.63) is 14.5 Å². The van der Waals surface area contributed by atoms with Crippen LogP contribution in [0.15, 0.2) is 0 Å². The van der Waals surface area contributed by atoms with Crippen molar-refractivity contribution in [3.63, 3.8) is 0 Å². The molecule has 5 nitrogen and oxygen atoms in total. The van der Waals surface area contributed by atoms with Crippen molar-refractivity contribution < 1.29 is 52.2 Å². The molecular formula is C17H31NO4Y-2. The van der Waals surface area contributed by atoms with Crippen LogP contribution in [0.2, 0.25) is 0 Å². The third kappa shape index (κ3) is 16.5. The minimum absolute atomic E-state index is 0. The molecule has 6 heteroatoms. The van der Waals surface area contributed by atoms with Gasteiger partial charge in [0.2, 0.25) is 0 Å². The van der Waals surface area contributed by atoms with E-state index in [-0.39, 0.29) is 64.5 Å². The number of carbonyl (C=O) groups is 3. The maximum atomic E-state index is 11.9. The van der Waals surface area contributed by atoms with Crippen LogP contribution in [0.1, 0.15) is 71.1 Å². The molecule has 2 N–H and O–H groups in total. The fourth-order valence-corrected chi connectivity index (χ4v) is 2.15. The summed E-state index contributed by atoms with van der Waals surface area (Å²) < 4.78 is 0. The fourth-order valence-electron chi connectivity index (χ4n) is 2.15. The van der Waals surface area contributed by atoms with Crippen LogP contribution in [-0.4, -0.2) is 28.7 Å². The summed E-state index contributed by atoms with van der Waals surface area (Å²) in [5, 5.41) is 11.2. The van der Waals surface area contributed by atoms with Crippen molar-refractivity contribution >= 4 is 17.5 Å². The molecule has 1 atom stereocenters. The predicted octanol–water partition coefficient (Wildman–Crippen LogP) is 3.33. The standard InChI is InChI=1S/C16H28NO4.CH3.Y/c1-3-4-5-6-8-13(18)9-7-10-15(19)14(17-2)11-12-16(20)21;;/h14,17H,2-12H2,1H3,(H,20,21);1H3;/q2*-1;/t14-;;/m0../s1. The number of rotatable bonds is 14. The Hall–Kier alpha value is -0.126. The van der Waals surface area contributed by atoms with Gasteiger partial charge in [0.25, 0.3) is 0 Å². The van der Waals surface area contributed by atoms with Crippen LogP contribution in [0.5, 0.6) is 0 Å². The Labute approximate surface area is 166 Å². The number of ketones is 2. The van der Waals surface area contributed by atoms with E-state index >= 15 is 0 Å². The van der Waals surface area contributed by atoms with Gasteiger partial charge in [-0.25, -0.2) is 0 Å². The summed E-state index contributed by atoms with van der Waals surface area (Å²) in [4.78, 5) is 34.0. The zero-order chi connectivity index (χ0) is 16.1. The molecular weight excluding hydrogens is 371 g/mol. The maximum absolute atomic E-state index is 11.9. The average Bonchev–Trinajstić information content (AvgIpc) is 2.44. The molecule has 0 bridgehead atoms. The van der Waals surface area contributed by atoms with E-state index < -0.39 is 12.0 Å². The monoisotopic (exact) mass is 402 g/mol. The molecule has 23 heavy (non-hydrogen) atoms. The van der Waals surface area contributed by atoms with Crippen molar-refractivity contribution in [1.82, 2.24) is 5.32 Å². The molecule has 0 aromatic carbocycles. The number of unbranched alkanes of at least 4 members (excludes halogenated alkanes) is 3. The Morgan fingerprint density at radius 2 is 1.61 bits per heavy atom. The third-order valence-electron chi connectivity index (χ3n) is 3.47. The van der Waals surface area contributed by atoms with Crippen LogP contribution < -0.4 is 5.32 Å². The average molecular weight is 402 g/mol. The van der Waals surface area contributed by atoms with Crippen LogP contribution in [0, 0.1) is 14.5 Å². The molecule has 0 aliphatic rings. The van der Waals surface area contributed by atoms with E-state index in [1.54, 1.807) is 0 Å². The molecule has 0 aliphatic heterocycles. The largest absolute Gasteiger partial charge is 0.481 e. The van der Waals surface area contributed by atoms with Crippen LogP contribution in [0.4, 0.5) is 0 Å². The first-order valence-corrected chi connectivity index (χ1v) is 7.80. The van der Waals surface area contributed by atoms with Crippen molar-refractivity contribution in [2.24, 2.45) is 0 Å². The van der Waals surface area contributed by atoms with Crippen LogP contribution in [0.3, 0.4) is 0 Å². The Morgan fingerprint density at radius 1 is 1.00 bits per heavy atom. The van der Waals surface area contributed by atoms with Crippen molar-refractivity contribution in [1.29, 1.82) is 0 Å². The summed E-state index contributed by atoms with van der Waals surface area (Å²) in [6, 6.07) is -0.527. The number of Topliss-reactive ketones (excluding diaryl/α,β-unsaturated/α-hetero) is 2. The number of aliphatic carboxylic acids is 1. The van der Waals surface area contributed by atoms with Crippen LogP contribution in [-0.2, 0) is 47.1 Å². The molecule has 0 aromatic heterocycles. The third-order valence-corrected chi connectivity index (χ3v) is 3.47. The van der Waals surface area contributed by atoms with Gasteiger partial charge in [-0.1, -0.05) is 26.2 Å². The Bertz CT molecular complexity index is 335. The van der Waals surface area contributed by atoms with Gasteiger partial charge in [-0.05, 0) is 19.3 Å². The predicted molar refractivity (Wildman–Crippen MR) is 88.2 cm³/mol. The summed E-state index contributed by atoms with van der Waals surface area (Å²) >= 11 is 0. The number of hydrogen-bond donors (Lipinski definition) is 2. The molecule has 0 unspecified atom stereocenters. The van der Waals surface area contributed by atoms with Crippen molar-refractivity contribution in [3.8, 4) is 0 Å². The second kappa shape index (κ2) is 18.2. The molecule has 0 rings (SSSR count). The van der Waals surface area contributed by atoms with Gasteiger partial charge in [-0.2, -0.15) is 0 Å². The molecule has 0 fully saturated rings.